The van der Waals surface area contributed by atoms with Gasteiger partial charge in [0, 0.05) is 0 Å². The molecule has 0 aliphatic rings. The van der Waals surface area contributed by atoms with Crippen molar-refractivity contribution in [1.29, 1.82) is 0 Å². The van der Waals surface area contributed by atoms with E-state index in [9.17, 15) is 4.79 Å². The van der Waals surface area contributed by atoms with Crippen LogP contribution in [0.2, 0.25) is 0 Å². The first-order valence-electron chi connectivity index (χ1n) is 5.05. The molecule has 0 amide bonds. The first-order chi connectivity index (χ1) is 7.68. The summed E-state index contributed by atoms with van der Waals surface area (Å²) in [6.07, 6.45) is 0. The molecule has 0 atom stereocenters. The molecule has 1 aromatic heterocycles. The van der Waals surface area contributed by atoms with Crippen LogP contribution in [0.25, 0.3) is 0 Å². The Morgan fingerprint density at radius 3 is 2.31 bits per heavy atom. The average molecular weight is 278 g/mol. The molecule has 2 nitrogen and oxygen atoms in total. The first-order valence-corrected chi connectivity index (χ1v) is 6.76. The second-order valence-corrected chi connectivity index (χ2v) is 5.96. The molecule has 3 heteroatoms. The molecule has 0 saturated carbocycles. The molecule has 0 radical (unpaired) electrons. The molecule has 0 saturated heterocycles. The predicted octanol–water partition coefficient (Wildman–Crippen LogP) is 2.04. The van der Waals surface area contributed by atoms with E-state index in [1.807, 2.05) is 56.6 Å². The van der Waals surface area contributed by atoms with Gasteiger partial charge in [-0.3, -0.25) is 0 Å². The fraction of sp³-hybridized carbons (Fsp3) is 0.154. The quantitative estimate of drug-likeness (QED) is 0.632. The number of hydrogen-bond donors (Lipinski definition) is 0. The van der Waals surface area contributed by atoms with E-state index in [-0.39, 0.29) is 20.3 Å². The number of hydrogen-bond acceptors (Lipinski definition) is 2. The van der Waals surface area contributed by atoms with Crippen molar-refractivity contribution in [2.45, 2.75) is 0 Å². The summed E-state index contributed by atoms with van der Waals surface area (Å²) in [5.74, 6) is 0.161. The van der Waals surface area contributed by atoms with Gasteiger partial charge in [0.05, 0.1) is 0 Å². The van der Waals surface area contributed by atoms with Crippen LogP contribution in [0.3, 0.4) is 0 Å². The Morgan fingerprint density at radius 1 is 1.06 bits per heavy atom. The second kappa shape index (κ2) is 4.69. The summed E-state index contributed by atoms with van der Waals surface area (Å²) in [6, 6.07) is 13.4. The van der Waals surface area contributed by atoms with Crippen LogP contribution in [0.1, 0.15) is 14.8 Å². The molecule has 1 heterocycles. The van der Waals surface area contributed by atoms with Gasteiger partial charge in [-0.15, -0.1) is 0 Å². The third-order valence-corrected chi connectivity index (χ3v) is 4.92. The van der Waals surface area contributed by atoms with Crippen LogP contribution in [-0.2, 0) is 0 Å². The number of carbonyl (C=O) groups excluding carboxylic acids is 1. The van der Waals surface area contributed by atoms with E-state index in [0.29, 0.717) is 0 Å². The van der Waals surface area contributed by atoms with Crippen molar-refractivity contribution in [3.63, 3.8) is 0 Å². The van der Waals surface area contributed by atoms with Crippen molar-refractivity contribution in [2.24, 2.45) is 0 Å². The van der Waals surface area contributed by atoms with Crippen LogP contribution in [-0.4, -0.2) is 34.4 Å². The number of nitrogens with zero attached hydrogens (tertiary/aromatic N) is 1. The van der Waals surface area contributed by atoms with Gasteiger partial charge in [-0.25, -0.2) is 0 Å². The van der Waals surface area contributed by atoms with E-state index in [2.05, 4.69) is 4.90 Å². The van der Waals surface area contributed by atoms with Gasteiger partial charge in [0.15, 0.2) is 0 Å². The van der Waals surface area contributed by atoms with E-state index in [1.165, 1.54) is 4.56 Å². The molecule has 2 rings (SSSR count). The monoisotopic (exact) mass is 279 g/mol. The second-order valence-electron chi connectivity index (χ2n) is 3.73. The van der Waals surface area contributed by atoms with Crippen molar-refractivity contribution in [1.82, 2.24) is 0 Å². The Kier molecular flexibility index (Phi) is 3.28. The Balaban J connectivity index is 2.28. The third kappa shape index (κ3) is 2.26. The number of carbonyl (C=O) groups is 1. The standard InChI is InChI=1S/C13H13NOSe/c1-14(2)12-9-8-11(16-12)13(15)10-6-4-3-5-7-10/h3-9H,1-2H3. The Hall–Kier alpha value is -1.31. The van der Waals surface area contributed by atoms with Gasteiger partial charge in [-0.2, -0.15) is 0 Å². The van der Waals surface area contributed by atoms with E-state index in [0.717, 1.165) is 10.0 Å². The van der Waals surface area contributed by atoms with Gasteiger partial charge in [0.2, 0.25) is 0 Å². The van der Waals surface area contributed by atoms with E-state index < -0.39 is 0 Å². The van der Waals surface area contributed by atoms with Crippen LogP contribution >= 0.6 is 0 Å². The molecular formula is C13H13NOSe. The molecule has 82 valence electrons. The van der Waals surface area contributed by atoms with E-state index >= 15 is 0 Å². The summed E-state index contributed by atoms with van der Waals surface area (Å²) < 4.78 is 2.18. The van der Waals surface area contributed by atoms with E-state index in [1.54, 1.807) is 0 Å². The molecule has 0 unspecified atom stereocenters. The number of anilines is 1. The summed E-state index contributed by atoms with van der Waals surface area (Å²) in [4.78, 5) is 14.2. The molecule has 16 heavy (non-hydrogen) atoms. The molecule has 0 fully saturated rings. The number of benzene rings is 1. The maximum atomic E-state index is 12.1. The van der Waals surface area contributed by atoms with Crippen molar-refractivity contribution < 1.29 is 4.79 Å². The summed E-state index contributed by atoms with van der Waals surface area (Å²) in [6.45, 7) is 0. The minimum atomic E-state index is 0.149. The zero-order valence-electron chi connectivity index (χ0n) is 9.31. The summed E-state index contributed by atoms with van der Waals surface area (Å²) in [7, 11) is 4.02. The Labute approximate surface area is 101 Å². The van der Waals surface area contributed by atoms with Crippen LogP contribution in [0.5, 0.6) is 0 Å². The fourth-order valence-electron chi connectivity index (χ4n) is 1.42. The topological polar surface area (TPSA) is 20.3 Å². The number of ketones is 1. The van der Waals surface area contributed by atoms with Gasteiger partial charge in [-0.1, -0.05) is 0 Å². The van der Waals surface area contributed by atoms with Crippen molar-refractivity contribution in [3.8, 4) is 0 Å². The normalized spacial score (nSPS) is 10.1. The van der Waals surface area contributed by atoms with Crippen LogP contribution in [0.4, 0.5) is 4.56 Å². The van der Waals surface area contributed by atoms with Gasteiger partial charge in [0.25, 0.3) is 0 Å². The van der Waals surface area contributed by atoms with Crippen LogP contribution in [0.15, 0.2) is 42.5 Å². The fourth-order valence-corrected chi connectivity index (χ4v) is 3.29. The average Bonchev–Trinajstić information content (AvgIpc) is 2.78. The van der Waals surface area contributed by atoms with E-state index in [4.69, 9.17) is 0 Å². The zero-order valence-corrected chi connectivity index (χ0v) is 11.0. The van der Waals surface area contributed by atoms with Crippen molar-refractivity contribution >= 4 is 24.8 Å². The molecular weight excluding hydrogens is 265 g/mol. The maximum absolute atomic E-state index is 12.1. The summed E-state index contributed by atoms with van der Waals surface area (Å²) >= 11 is 0.149. The zero-order chi connectivity index (χ0) is 11.5. The molecule has 2 aromatic rings. The number of rotatable bonds is 3. The predicted molar refractivity (Wildman–Crippen MR) is 67.6 cm³/mol. The van der Waals surface area contributed by atoms with Gasteiger partial charge in [-0.05, 0) is 0 Å². The Morgan fingerprint density at radius 2 is 1.75 bits per heavy atom. The van der Waals surface area contributed by atoms with Gasteiger partial charge < -0.3 is 0 Å². The van der Waals surface area contributed by atoms with Gasteiger partial charge >= 0.3 is 101 Å². The molecule has 0 aliphatic heterocycles. The third-order valence-electron chi connectivity index (χ3n) is 2.29. The van der Waals surface area contributed by atoms with Crippen LogP contribution < -0.4 is 4.90 Å². The summed E-state index contributed by atoms with van der Waals surface area (Å²) in [5, 5.41) is 0. The molecule has 0 N–H and O–H groups in total. The van der Waals surface area contributed by atoms with Gasteiger partial charge in [0.1, 0.15) is 0 Å². The molecule has 0 aliphatic carbocycles. The minimum absolute atomic E-state index is 0.149. The summed E-state index contributed by atoms with van der Waals surface area (Å²) in [5.41, 5.74) is 0.782. The Bertz CT molecular complexity index is 488. The molecule has 0 bridgehead atoms. The van der Waals surface area contributed by atoms with Crippen LogP contribution in [0, 0.1) is 0 Å². The van der Waals surface area contributed by atoms with Crippen molar-refractivity contribution in [3.05, 3.63) is 52.5 Å². The molecule has 1 aromatic carbocycles. The SMILES string of the molecule is CN(C)c1ccc(C(=O)c2ccccc2)[se]1. The first kappa shape index (κ1) is 11.2. The van der Waals surface area contributed by atoms with Crippen molar-refractivity contribution in [2.75, 3.05) is 19.0 Å². The molecule has 0 spiro atoms.